The number of nitrogens with one attached hydrogen (secondary N) is 1. The van der Waals surface area contributed by atoms with Crippen molar-refractivity contribution in [1.82, 2.24) is 14.9 Å². The molecule has 0 bridgehead atoms. The van der Waals surface area contributed by atoms with E-state index in [0.717, 1.165) is 29.9 Å². The second-order valence-corrected chi connectivity index (χ2v) is 5.95. The van der Waals surface area contributed by atoms with Crippen molar-refractivity contribution >= 4 is 27.6 Å². The molecule has 3 N–H and O–H groups in total. The average Bonchev–Trinajstić information content (AvgIpc) is 2.33. The number of likely N-dealkylation sites (N-methyl/N-ethyl adjacent to an activating group) is 1. The van der Waals surface area contributed by atoms with Crippen LogP contribution in [0.4, 0.5) is 11.6 Å². The van der Waals surface area contributed by atoms with Gasteiger partial charge in [0.1, 0.15) is 16.6 Å². The summed E-state index contributed by atoms with van der Waals surface area (Å²) in [6.45, 7) is 7.34. The largest absolute Gasteiger partial charge is 0.352 e. The number of rotatable bonds is 2. The molecule has 6 nitrogen and oxygen atoms in total. The molecule has 2 heterocycles. The first kappa shape index (κ1) is 13.5. The number of hydrogen-bond acceptors (Lipinski definition) is 6. The maximum atomic E-state index is 5.43. The summed E-state index contributed by atoms with van der Waals surface area (Å²) in [4.78, 5) is 13.0. The molecule has 0 aliphatic carbocycles. The summed E-state index contributed by atoms with van der Waals surface area (Å²) in [7, 11) is 2.15. The number of halogens is 1. The van der Waals surface area contributed by atoms with Crippen molar-refractivity contribution < 1.29 is 0 Å². The van der Waals surface area contributed by atoms with Gasteiger partial charge in [0.25, 0.3) is 0 Å². The van der Waals surface area contributed by atoms with Gasteiger partial charge in [-0.2, -0.15) is 0 Å². The van der Waals surface area contributed by atoms with Gasteiger partial charge in [-0.15, -0.1) is 0 Å². The van der Waals surface area contributed by atoms with Crippen LogP contribution < -0.4 is 16.2 Å². The minimum absolute atomic E-state index is 0.124. The Bertz CT molecular complexity index is 436. The molecule has 0 aromatic carbocycles. The summed E-state index contributed by atoms with van der Waals surface area (Å²) in [5.41, 5.74) is 2.69. The molecule has 0 amide bonds. The second kappa shape index (κ2) is 4.99. The fourth-order valence-electron chi connectivity index (χ4n) is 2.10. The van der Waals surface area contributed by atoms with E-state index in [1.54, 1.807) is 0 Å². The van der Waals surface area contributed by atoms with E-state index in [1.165, 1.54) is 6.33 Å². The van der Waals surface area contributed by atoms with Gasteiger partial charge in [-0.05, 0) is 36.8 Å². The van der Waals surface area contributed by atoms with Crippen molar-refractivity contribution in [3.05, 3.63) is 10.8 Å². The zero-order valence-electron chi connectivity index (χ0n) is 10.9. The lowest BCUT2D eigenvalue weighted by Gasteiger charge is -2.45. The zero-order chi connectivity index (χ0) is 13.3. The molecule has 2 rings (SSSR count). The maximum absolute atomic E-state index is 5.43. The fraction of sp³-hybridized carbons (Fsp3) is 0.636. The third kappa shape index (κ3) is 2.43. The van der Waals surface area contributed by atoms with Gasteiger partial charge < -0.3 is 10.3 Å². The molecule has 1 aromatic rings. The highest BCUT2D eigenvalue weighted by molar-refractivity contribution is 9.10. The summed E-state index contributed by atoms with van der Waals surface area (Å²) < 4.78 is 0.813. The Labute approximate surface area is 116 Å². The summed E-state index contributed by atoms with van der Waals surface area (Å²) in [6.07, 6.45) is 1.53. The van der Waals surface area contributed by atoms with Crippen LogP contribution in [0.2, 0.25) is 0 Å². The highest BCUT2D eigenvalue weighted by atomic mass is 79.9. The van der Waals surface area contributed by atoms with Gasteiger partial charge in [0.05, 0.1) is 0 Å². The fourth-order valence-corrected chi connectivity index (χ4v) is 2.67. The third-order valence-electron chi connectivity index (χ3n) is 3.52. The van der Waals surface area contributed by atoms with Crippen molar-refractivity contribution in [1.29, 1.82) is 0 Å². The Morgan fingerprint density at radius 2 is 2.11 bits per heavy atom. The van der Waals surface area contributed by atoms with Crippen molar-refractivity contribution in [3.63, 3.8) is 0 Å². The van der Waals surface area contributed by atoms with Crippen molar-refractivity contribution in [2.75, 3.05) is 37.0 Å². The van der Waals surface area contributed by atoms with Crippen LogP contribution in [0.1, 0.15) is 13.8 Å². The summed E-state index contributed by atoms with van der Waals surface area (Å²) in [5.74, 6) is 6.92. The molecule has 0 spiro atoms. The van der Waals surface area contributed by atoms with Gasteiger partial charge in [-0.25, -0.2) is 15.8 Å². The van der Waals surface area contributed by atoms with Crippen LogP contribution in [-0.2, 0) is 0 Å². The lowest BCUT2D eigenvalue weighted by Crippen LogP contribution is -2.58. The molecule has 0 unspecified atom stereocenters. The molecule has 1 saturated heterocycles. The first-order chi connectivity index (χ1) is 8.45. The van der Waals surface area contributed by atoms with Gasteiger partial charge in [-0.3, -0.25) is 4.90 Å². The minimum atomic E-state index is 0.124. The molecule has 7 heteroatoms. The monoisotopic (exact) mass is 314 g/mol. The normalized spacial score (nSPS) is 19.9. The molecule has 100 valence electrons. The Morgan fingerprint density at radius 3 is 2.72 bits per heavy atom. The lowest BCUT2D eigenvalue weighted by atomic mass is 10.00. The van der Waals surface area contributed by atoms with Gasteiger partial charge in [-0.1, -0.05) is 0 Å². The minimum Gasteiger partial charge on any atom is -0.352 e. The van der Waals surface area contributed by atoms with E-state index in [4.69, 9.17) is 5.84 Å². The molecule has 18 heavy (non-hydrogen) atoms. The van der Waals surface area contributed by atoms with E-state index >= 15 is 0 Å². The molecular weight excluding hydrogens is 296 g/mol. The first-order valence-electron chi connectivity index (χ1n) is 5.89. The second-order valence-electron chi connectivity index (χ2n) is 5.16. The van der Waals surface area contributed by atoms with E-state index in [2.05, 4.69) is 62.0 Å². The molecule has 0 saturated carbocycles. The number of hydrogen-bond donors (Lipinski definition) is 2. The summed E-state index contributed by atoms with van der Waals surface area (Å²) in [6, 6.07) is 0. The number of nitrogens with zero attached hydrogens (tertiary/aromatic N) is 4. The smallest absolute Gasteiger partial charge is 0.159 e. The standard InChI is InChI=1S/C11H19BrN6/c1-11(2)6-18(5-4-17(11)3)10-8(12)9(16-13)14-7-15-10/h7H,4-6,13H2,1-3H3,(H,14,15,16). The van der Waals surface area contributed by atoms with Crippen molar-refractivity contribution in [2.24, 2.45) is 5.84 Å². The Hall–Kier alpha value is -0.920. The summed E-state index contributed by atoms with van der Waals surface area (Å²) in [5, 5.41) is 0. The molecule has 0 atom stereocenters. The van der Waals surface area contributed by atoms with Gasteiger partial charge in [0.2, 0.25) is 0 Å². The topological polar surface area (TPSA) is 70.3 Å². The zero-order valence-corrected chi connectivity index (χ0v) is 12.5. The third-order valence-corrected chi connectivity index (χ3v) is 4.25. The number of anilines is 2. The maximum Gasteiger partial charge on any atom is 0.159 e. The van der Waals surface area contributed by atoms with Gasteiger partial charge >= 0.3 is 0 Å². The predicted molar refractivity (Wildman–Crippen MR) is 76.5 cm³/mol. The Balaban J connectivity index is 2.28. The van der Waals surface area contributed by atoms with Crippen LogP contribution in [0.15, 0.2) is 10.8 Å². The van der Waals surface area contributed by atoms with Gasteiger partial charge in [0, 0.05) is 25.2 Å². The van der Waals surface area contributed by atoms with Crippen molar-refractivity contribution in [3.8, 4) is 0 Å². The van der Waals surface area contributed by atoms with E-state index in [0.29, 0.717) is 5.82 Å². The lowest BCUT2D eigenvalue weighted by molar-refractivity contribution is 0.138. The Morgan fingerprint density at radius 1 is 1.39 bits per heavy atom. The molecular formula is C11H19BrN6. The average molecular weight is 315 g/mol. The quantitative estimate of drug-likeness (QED) is 0.628. The Kier molecular flexibility index (Phi) is 3.74. The van der Waals surface area contributed by atoms with E-state index in [1.807, 2.05) is 0 Å². The molecule has 0 radical (unpaired) electrons. The highest BCUT2D eigenvalue weighted by Crippen LogP contribution is 2.31. The van der Waals surface area contributed by atoms with Crippen LogP contribution in [0.3, 0.4) is 0 Å². The number of piperazine rings is 1. The number of nitrogen functional groups attached to an aromatic ring is 1. The SMILES string of the molecule is CN1CCN(c2ncnc(NN)c2Br)CC1(C)C. The number of aromatic nitrogens is 2. The van der Waals surface area contributed by atoms with E-state index < -0.39 is 0 Å². The molecule has 1 aliphatic rings. The van der Waals surface area contributed by atoms with E-state index in [9.17, 15) is 0 Å². The molecule has 1 aromatic heterocycles. The van der Waals surface area contributed by atoms with Crippen LogP contribution in [0, 0.1) is 0 Å². The summed E-state index contributed by atoms with van der Waals surface area (Å²) >= 11 is 3.51. The predicted octanol–water partition coefficient (Wildman–Crippen LogP) is 1.06. The number of hydrazine groups is 1. The van der Waals surface area contributed by atoms with Gasteiger partial charge in [0.15, 0.2) is 5.82 Å². The van der Waals surface area contributed by atoms with Crippen molar-refractivity contribution in [2.45, 2.75) is 19.4 Å². The highest BCUT2D eigenvalue weighted by Gasteiger charge is 2.32. The van der Waals surface area contributed by atoms with E-state index in [-0.39, 0.29) is 5.54 Å². The number of nitrogens with two attached hydrogens (primary N) is 1. The molecule has 1 fully saturated rings. The van der Waals surface area contributed by atoms with Crippen LogP contribution in [0.25, 0.3) is 0 Å². The first-order valence-corrected chi connectivity index (χ1v) is 6.68. The van der Waals surface area contributed by atoms with Crippen LogP contribution in [0.5, 0.6) is 0 Å². The van der Waals surface area contributed by atoms with Crippen LogP contribution in [-0.4, -0.2) is 47.1 Å². The molecule has 1 aliphatic heterocycles. The van der Waals surface area contributed by atoms with Crippen LogP contribution >= 0.6 is 15.9 Å².